The molecule has 0 atom stereocenters. The molecule has 0 aromatic heterocycles. The summed E-state index contributed by atoms with van der Waals surface area (Å²) in [5.41, 5.74) is 0.113. The molecule has 0 unspecified atom stereocenters. The summed E-state index contributed by atoms with van der Waals surface area (Å²) in [6.45, 7) is 11.1. The highest BCUT2D eigenvalue weighted by Gasteiger charge is 2.45. The molecule has 25 heavy (non-hydrogen) atoms. The lowest BCUT2D eigenvalue weighted by molar-refractivity contribution is 0.332. The average Bonchev–Trinajstić information content (AvgIpc) is 3.20. The molecular weight excluding hydrogens is 449 g/mol. The standard InChI is InChI=1S/C18H37N3O2S.HI/c1-6-8-9-10-17(3,4)13-20-16(19-7-2)21-14-18(11-12-18)15-24(5,22)23;/h6-15H2,1-5H3,(H2,19,20,21);1H. The Morgan fingerprint density at radius 2 is 1.80 bits per heavy atom. The van der Waals surface area contributed by atoms with Gasteiger partial charge < -0.3 is 10.6 Å². The van der Waals surface area contributed by atoms with Gasteiger partial charge in [-0.3, -0.25) is 4.99 Å². The van der Waals surface area contributed by atoms with Crippen LogP contribution in [0, 0.1) is 10.8 Å². The van der Waals surface area contributed by atoms with Crippen molar-refractivity contribution in [1.82, 2.24) is 10.6 Å². The minimum atomic E-state index is -2.93. The molecule has 2 N–H and O–H groups in total. The van der Waals surface area contributed by atoms with E-state index >= 15 is 0 Å². The smallest absolute Gasteiger partial charge is 0.191 e. The van der Waals surface area contributed by atoms with Crippen LogP contribution < -0.4 is 10.6 Å². The third-order valence-corrected chi connectivity index (χ3v) is 5.76. The van der Waals surface area contributed by atoms with E-state index in [1.807, 2.05) is 6.92 Å². The predicted molar refractivity (Wildman–Crippen MR) is 119 cm³/mol. The van der Waals surface area contributed by atoms with Crippen LogP contribution in [0.1, 0.15) is 66.2 Å². The Bertz CT molecular complexity index is 514. The molecule has 1 aliphatic rings. The minimum Gasteiger partial charge on any atom is -0.357 e. The van der Waals surface area contributed by atoms with Gasteiger partial charge in [-0.2, -0.15) is 0 Å². The second-order valence-electron chi connectivity index (χ2n) is 8.24. The van der Waals surface area contributed by atoms with Crippen LogP contribution in [0.4, 0.5) is 0 Å². The number of hydrogen-bond acceptors (Lipinski definition) is 3. The van der Waals surface area contributed by atoms with Crippen LogP contribution in [-0.4, -0.2) is 46.0 Å². The number of hydrogen-bond donors (Lipinski definition) is 2. The van der Waals surface area contributed by atoms with E-state index in [4.69, 9.17) is 4.99 Å². The molecule has 0 saturated heterocycles. The largest absolute Gasteiger partial charge is 0.357 e. The molecule has 5 nitrogen and oxygen atoms in total. The summed E-state index contributed by atoms with van der Waals surface area (Å²) in [6, 6.07) is 0. The Morgan fingerprint density at radius 3 is 2.28 bits per heavy atom. The highest BCUT2D eigenvalue weighted by Crippen LogP contribution is 2.46. The summed E-state index contributed by atoms with van der Waals surface area (Å²) in [7, 11) is -2.93. The van der Waals surface area contributed by atoms with Gasteiger partial charge >= 0.3 is 0 Å². The van der Waals surface area contributed by atoms with Crippen LogP contribution in [0.2, 0.25) is 0 Å². The molecular formula is C18H38IN3O2S. The molecule has 150 valence electrons. The maximum Gasteiger partial charge on any atom is 0.191 e. The third-order valence-electron chi connectivity index (χ3n) is 4.62. The first-order chi connectivity index (χ1) is 11.1. The van der Waals surface area contributed by atoms with Crippen molar-refractivity contribution in [3.63, 3.8) is 0 Å². The highest BCUT2D eigenvalue weighted by atomic mass is 127. The van der Waals surface area contributed by atoms with Crippen molar-refractivity contribution in [2.24, 2.45) is 15.8 Å². The van der Waals surface area contributed by atoms with Gasteiger partial charge in [0.05, 0.1) is 5.75 Å². The van der Waals surface area contributed by atoms with Gasteiger partial charge in [0.25, 0.3) is 0 Å². The minimum absolute atomic E-state index is 0. The van der Waals surface area contributed by atoms with Crippen LogP contribution >= 0.6 is 24.0 Å². The van der Waals surface area contributed by atoms with Crippen LogP contribution in [0.3, 0.4) is 0 Å². The highest BCUT2D eigenvalue weighted by molar-refractivity contribution is 14.0. The number of rotatable bonds is 11. The van der Waals surface area contributed by atoms with Crippen LogP contribution in [0.15, 0.2) is 4.99 Å². The van der Waals surface area contributed by atoms with E-state index in [9.17, 15) is 8.42 Å². The fourth-order valence-electron chi connectivity index (χ4n) is 2.94. The SMILES string of the molecule is CCCCCC(C)(C)CN=C(NCC)NCC1(CS(C)(=O)=O)CC1.I. The van der Waals surface area contributed by atoms with Gasteiger partial charge in [0.2, 0.25) is 0 Å². The van der Waals surface area contributed by atoms with Gasteiger partial charge in [0.15, 0.2) is 5.96 Å². The van der Waals surface area contributed by atoms with Crippen molar-refractivity contribution in [2.45, 2.75) is 66.2 Å². The van der Waals surface area contributed by atoms with Gasteiger partial charge in [0, 0.05) is 31.3 Å². The lowest BCUT2D eigenvalue weighted by atomic mass is 9.87. The van der Waals surface area contributed by atoms with Crippen molar-refractivity contribution in [3.05, 3.63) is 0 Å². The fourth-order valence-corrected chi connectivity index (χ4v) is 4.45. The van der Waals surface area contributed by atoms with Crippen molar-refractivity contribution >= 4 is 39.8 Å². The summed E-state index contributed by atoms with van der Waals surface area (Å²) < 4.78 is 23.1. The van der Waals surface area contributed by atoms with Crippen molar-refractivity contribution in [2.75, 3.05) is 31.6 Å². The molecule has 1 aliphatic carbocycles. The zero-order valence-corrected chi connectivity index (χ0v) is 19.8. The molecule has 0 heterocycles. The molecule has 0 aliphatic heterocycles. The summed E-state index contributed by atoms with van der Waals surface area (Å²) in [6.07, 6.45) is 8.24. The summed E-state index contributed by atoms with van der Waals surface area (Å²) in [5.74, 6) is 1.08. The second kappa shape index (κ2) is 10.9. The molecule has 0 amide bonds. The van der Waals surface area contributed by atoms with E-state index in [2.05, 4.69) is 31.4 Å². The van der Waals surface area contributed by atoms with Gasteiger partial charge in [-0.05, 0) is 31.6 Å². The molecule has 0 aromatic carbocycles. The van der Waals surface area contributed by atoms with Gasteiger partial charge in [-0.25, -0.2) is 8.42 Å². The van der Waals surface area contributed by atoms with Crippen LogP contribution in [-0.2, 0) is 9.84 Å². The van der Waals surface area contributed by atoms with Crippen molar-refractivity contribution < 1.29 is 8.42 Å². The second-order valence-corrected chi connectivity index (χ2v) is 10.4. The fraction of sp³-hybridized carbons (Fsp3) is 0.944. The molecule has 1 fully saturated rings. The monoisotopic (exact) mass is 487 g/mol. The number of halogens is 1. The summed E-state index contributed by atoms with van der Waals surface area (Å²) in [5, 5.41) is 6.64. The zero-order valence-electron chi connectivity index (χ0n) is 16.7. The van der Waals surface area contributed by atoms with Crippen LogP contribution in [0.5, 0.6) is 0 Å². The van der Waals surface area contributed by atoms with E-state index < -0.39 is 9.84 Å². The zero-order chi connectivity index (χ0) is 18.3. The Morgan fingerprint density at radius 1 is 1.16 bits per heavy atom. The number of guanidine groups is 1. The number of nitrogens with one attached hydrogen (secondary N) is 2. The Hall–Kier alpha value is -0.0500. The Kier molecular flexibility index (Phi) is 10.9. The van der Waals surface area contributed by atoms with Gasteiger partial charge in [0.1, 0.15) is 9.84 Å². The quantitative estimate of drug-likeness (QED) is 0.202. The normalized spacial score (nSPS) is 16.9. The van der Waals surface area contributed by atoms with E-state index in [1.165, 1.54) is 31.9 Å². The number of aliphatic imine (C=N–C) groups is 1. The van der Waals surface area contributed by atoms with E-state index in [-0.39, 0.29) is 40.6 Å². The van der Waals surface area contributed by atoms with Crippen molar-refractivity contribution in [3.8, 4) is 0 Å². The lowest BCUT2D eigenvalue weighted by Crippen LogP contribution is -2.42. The van der Waals surface area contributed by atoms with Crippen LogP contribution in [0.25, 0.3) is 0 Å². The summed E-state index contributed by atoms with van der Waals surface area (Å²) in [4.78, 5) is 4.74. The van der Waals surface area contributed by atoms with E-state index in [0.29, 0.717) is 6.54 Å². The summed E-state index contributed by atoms with van der Waals surface area (Å²) >= 11 is 0. The average molecular weight is 487 g/mol. The maximum atomic E-state index is 11.6. The molecule has 1 saturated carbocycles. The molecule has 0 bridgehead atoms. The number of unbranched alkanes of at least 4 members (excludes halogenated alkanes) is 2. The molecule has 0 radical (unpaired) electrons. The Labute approximate surface area is 172 Å². The molecule has 0 spiro atoms. The lowest BCUT2D eigenvalue weighted by Gasteiger charge is -2.24. The predicted octanol–water partition coefficient (Wildman–Crippen LogP) is 3.59. The van der Waals surface area contributed by atoms with Gasteiger partial charge in [-0.1, -0.05) is 40.0 Å². The molecule has 1 rings (SSSR count). The number of sulfone groups is 1. The molecule has 0 aromatic rings. The maximum absolute atomic E-state index is 11.6. The van der Waals surface area contributed by atoms with E-state index in [0.717, 1.165) is 31.9 Å². The third kappa shape index (κ3) is 11.3. The first-order valence-corrected chi connectivity index (χ1v) is 11.4. The van der Waals surface area contributed by atoms with Crippen molar-refractivity contribution in [1.29, 1.82) is 0 Å². The topological polar surface area (TPSA) is 70.6 Å². The first kappa shape index (κ1) is 24.9. The Balaban J connectivity index is 0.00000576. The van der Waals surface area contributed by atoms with Gasteiger partial charge in [-0.15, -0.1) is 24.0 Å². The molecule has 7 heteroatoms. The number of nitrogens with zero attached hydrogens (tertiary/aromatic N) is 1. The van der Waals surface area contributed by atoms with E-state index in [1.54, 1.807) is 0 Å². The first-order valence-electron chi connectivity index (χ1n) is 9.31.